The Morgan fingerprint density at radius 3 is 2.53 bits per heavy atom. The maximum absolute atomic E-state index is 11.1. The highest BCUT2D eigenvalue weighted by molar-refractivity contribution is 5.73. The number of carbonyl (C=O) groups is 1. The molecule has 2 atom stereocenters. The summed E-state index contributed by atoms with van der Waals surface area (Å²) in [5.74, 6) is 0.113. The zero-order valence-electron chi connectivity index (χ0n) is 9.48. The summed E-state index contributed by atoms with van der Waals surface area (Å²) in [5, 5.41) is 9.13. The Morgan fingerprint density at radius 1 is 1.27 bits per heavy atom. The number of hydrogen-bond donors (Lipinski definition) is 1. The number of rotatable bonds is 3. The fourth-order valence-electron chi connectivity index (χ4n) is 3.25. The van der Waals surface area contributed by atoms with E-state index in [0.717, 1.165) is 25.3 Å². The van der Waals surface area contributed by atoms with Crippen LogP contribution in [0.4, 0.5) is 0 Å². The lowest BCUT2D eigenvalue weighted by Crippen LogP contribution is -2.44. The molecule has 1 N–H and O–H groups in total. The predicted octanol–water partition coefficient (Wildman–Crippen LogP) is 2.11. The van der Waals surface area contributed by atoms with Crippen molar-refractivity contribution in [2.24, 2.45) is 5.92 Å². The van der Waals surface area contributed by atoms with E-state index in [0.29, 0.717) is 6.04 Å². The van der Waals surface area contributed by atoms with Crippen LogP contribution in [0, 0.1) is 5.92 Å². The normalized spacial score (nSPS) is 30.9. The molecule has 0 spiro atoms. The van der Waals surface area contributed by atoms with Gasteiger partial charge in [-0.3, -0.25) is 9.69 Å². The van der Waals surface area contributed by atoms with Crippen LogP contribution in [0.15, 0.2) is 0 Å². The highest BCUT2D eigenvalue weighted by atomic mass is 16.4. The summed E-state index contributed by atoms with van der Waals surface area (Å²) < 4.78 is 0. The van der Waals surface area contributed by atoms with Crippen LogP contribution < -0.4 is 0 Å². The molecule has 0 bridgehead atoms. The molecule has 1 saturated carbocycles. The van der Waals surface area contributed by atoms with Crippen LogP contribution in [0.2, 0.25) is 0 Å². The van der Waals surface area contributed by atoms with Gasteiger partial charge in [-0.25, -0.2) is 0 Å². The summed E-state index contributed by atoms with van der Waals surface area (Å²) >= 11 is 0. The van der Waals surface area contributed by atoms with Crippen molar-refractivity contribution >= 4 is 5.97 Å². The van der Waals surface area contributed by atoms with E-state index in [1.54, 1.807) is 0 Å². The van der Waals surface area contributed by atoms with Gasteiger partial charge in [-0.15, -0.1) is 0 Å². The van der Waals surface area contributed by atoms with Crippen molar-refractivity contribution in [3.05, 3.63) is 0 Å². The minimum absolute atomic E-state index is 0.208. The van der Waals surface area contributed by atoms with Gasteiger partial charge < -0.3 is 5.11 Å². The van der Waals surface area contributed by atoms with Gasteiger partial charge in [0, 0.05) is 6.04 Å². The molecule has 1 aliphatic heterocycles. The Kier molecular flexibility index (Phi) is 3.29. The topological polar surface area (TPSA) is 40.5 Å². The van der Waals surface area contributed by atoms with E-state index < -0.39 is 5.97 Å². The second-order valence-electron chi connectivity index (χ2n) is 5.02. The van der Waals surface area contributed by atoms with Gasteiger partial charge >= 0.3 is 5.97 Å². The minimum atomic E-state index is -0.627. The molecule has 2 rings (SSSR count). The number of likely N-dealkylation sites (tertiary alicyclic amines) is 1. The predicted molar refractivity (Wildman–Crippen MR) is 58.8 cm³/mol. The highest BCUT2D eigenvalue weighted by Gasteiger charge is 2.36. The van der Waals surface area contributed by atoms with Crippen LogP contribution in [-0.4, -0.2) is 34.6 Å². The molecular formula is C12H21NO2. The summed E-state index contributed by atoms with van der Waals surface area (Å²) in [6, 6.07) is 0.261. The second-order valence-corrected chi connectivity index (χ2v) is 5.02. The molecule has 0 aromatic rings. The van der Waals surface area contributed by atoms with Crippen molar-refractivity contribution in [1.29, 1.82) is 0 Å². The molecule has 0 aromatic carbocycles. The minimum Gasteiger partial charge on any atom is -0.480 e. The van der Waals surface area contributed by atoms with E-state index in [4.69, 9.17) is 5.11 Å². The Balaban J connectivity index is 1.98. The molecule has 3 nitrogen and oxygen atoms in total. The summed E-state index contributed by atoms with van der Waals surface area (Å²) in [6.45, 7) is 3.20. The number of hydrogen-bond acceptors (Lipinski definition) is 2. The van der Waals surface area contributed by atoms with E-state index in [1.165, 1.54) is 25.7 Å². The third-order valence-corrected chi connectivity index (χ3v) is 4.18. The lowest BCUT2D eigenvalue weighted by atomic mass is 9.97. The summed E-state index contributed by atoms with van der Waals surface area (Å²) in [5.41, 5.74) is 0. The Bertz CT molecular complexity index is 236. The summed E-state index contributed by atoms with van der Waals surface area (Å²) in [6.07, 6.45) is 7.15. The van der Waals surface area contributed by atoms with Crippen molar-refractivity contribution in [2.45, 2.75) is 57.5 Å². The molecule has 3 heteroatoms. The van der Waals surface area contributed by atoms with E-state index in [9.17, 15) is 4.79 Å². The SMILES string of the molecule is CC(C1CCCC1)N1CCCC1C(=O)O. The van der Waals surface area contributed by atoms with Crippen LogP contribution >= 0.6 is 0 Å². The van der Waals surface area contributed by atoms with E-state index in [1.807, 2.05) is 0 Å². The zero-order chi connectivity index (χ0) is 10.8. The Labute approximate surface area is 91.5 Å². The zero-order valence-corrected chi connectivity index (χ0v) is 9.48. The number of aliphatic carboxylic acids is 1. The van der Waals surface area contributed by atoms with Gasteiger partial charge in [0.25, 0.3) is 0 Å². The van der Waals surface area contributed by atoms with Crippen LogP contribution in [0.1, 0.15) is 45.4 Å². The molecule has 2 fully saturated rings. The first kappa shape index (κ1) is 10.9. The quantitative estimate of drug-likeness (QED) is 0.777. The van der Waals surface area contributed by atoms with E-state index in [2.05, 4.69) is 11.8 Å². The average Bonchev–Trinajstić information content (AvgIpc) is 2.88. The van der Waals surface area contributed by atoms with Crippen LogP contribution in [0.25, 0.3) is 0 Å². The third-order valence-electron chi connectivity index (χ3n) is 4.18. The maximum Gasteiger partial charge on any atom is 0.320 e. The van der Waals surface area contributed by atoms with Crippen LogP contribution in [0.5, 0.6) is 0 Å². The van der Waals surface area contributed by atoms with E-state index >= 15 is 0 Å². The molecule has 86 valence electrons. The largest absolute Gasteiger partial charge is 0.480 e. The average molecular weight is 211 g/mol. The summed E-state index contributed by atoms with van der Waals surface area (Å²) in [7, 11) is 0. The smallest absolute Gasteiger partial charge is 0.320 e. The Morgan fingerprint density at radius 2 is 1.93 bits per heavy atom. The van der Waals surface area contributed by atoms with Crippen LogP contribution in [0.3, 0.4) is 0 Å². The molecule has 2 unspecified atom stereocenters. The molecule has 15 heavy (non-hydrogen) atoms. The molecule has 0 radical (unpaired) electrons. The molecule has 2 aliphatic rings. The molecule has 1 heterocycles. The van der Waals surface area contributed by atoms with Gasteiger partial charge in [0.15, 0.2) is 0 Å². The van der Waals surface area contributed by atoms with Gasteiger partial charge in [0.1, 0.15) is 6.04 Å². The van der Waals surface area contributed by atoms with Crippen molar-refractivity contribution in [3.63, 3.8) is 0 Å². The van der Waals surface area contributed by atoms with Gasteiger partial charge in [-0.05, 0) is 45.1 Å². The molecule has 1 aliphatic carbocycles. The first-order chi connectivity index (χ1) is 7.20. The van der Waals surface area contributed by atoms with Gasteiger partial charge in [-0.1, -0.05) is 12.8 Å². The first-order valence-electron chi connectivity index (χ1n) is 6.18. The van der Waals surface area contributed by atoms with Crippen LogP contribution in [-0.2, 0) is 4.79 Å². The Hall–Kier alpha value is -0.570. The number of carboxylic acid groups (broad SMARTS) is 1. The molecule has 0 amide bonds. The van der Waals surface area contributed by atoms with Crippen molar-refractivity contribution in [2.75, 3.05) is 6.54 Å². The number of carboxylic acids is 1. The lowest BCUT2D eigenvalue weighted by molar-refractivity contribution is -0.143. The van der Waals surface area contributed by atoms with Gasteiger partial charge in [-0.2, -0.15) is 0 Å². The van der Waals surface area contributed by atoms with Gasteiger partial charge in [0.05, 0.1) is 0 Å². The lowest BCUT2D eigenvalue weighted by Gasteiger charge is -2.32. The van der Waals surface area contributed by atoms with E-state index in [-0.39, 0.29) is 6.04 Å². The monoisotopic (exact) mass is 211 g/mol. The highest BCUT2D eigenvalue weighted by Crippen LogP contribution is 2.33. The molecule has 0 aromatic heterocycles. The van der Waals surface area contributed by atoms with Crippen molar-refractivity contribution in [3.8, 4) is 0 Å². The second kappa shape index (κ2) is 4.52. The van der Waals surface area contributed by atoms with Crippen molar-refractivity contribution in [1.82, 2.24) is 4.90 Å². The van der Waals surface area contributed by atoms with Gasteiger partial charge in [0.2, 0.25) is 0 Å². The third kappa shape index (κ3) is 2.17. The fourth-order valence-corrected chi connectivity index (χ4v) is 3.25. The number of nitrogens with zero attached hydrogens (tertiary/aromatic N) is 1. The summed E-state index contributed by atoms with van der Waals surface area (Å²) in [4.78, 5) is 13.3. The maximum atomic E-state index is 11.1. The first-order valence-corrected chi connectivity index (χ1v) is 6.18. The van der Waals surface area contributed by atoms with Crippen molar-refractivity contribution < 1.29 is 9.90 Å². The fraction of sp³-hybridized carbons (Fsp3) is 0.917. The molecule has 1 saturated heterocycles. The standard InChI is InChI=1S/C12H21NO2/c1-9(10-5-2-3-6-10)13-8-4-7-11(13)12(14)15/h9-11H,2-8H2,1H3,(H,14,15). The molecular weight excluding hydrogens is 190 g/mol.